The number of nitrogens with one attached hydrogen (secondary N) is 2. The Morgan fingerprint density at radius 1 is 0.897 bits per heavy atom. The number of rotatable bonds is 5. The Hall–Kier alpha value is -3.73. The lowest BCUT2D eigenvalue weighted by atomic mass is 10.0. The number of H-pyrrole nitrogens is 1. The molecular formula is C24H19FN2O2. The predicted molar refractivity (Wildman–Crippen MR) is 112 cm³/mol. The lowest BCUT2D eigenvalue weighted by Crippen LogP contribution is -2.31. The number of benzene rings is 3. The maximum atomic E-state index is 12.9. The fraction of sp³-hybridized carbons (Fsp3) is 0.0833. The summed E-state index contributed by atoms with van der Waals surface area (Å²) in [6.45, 7) is 0.357. The third kappa shape index (κ3) is 4.24. The van der Waals surface area contributed by atoms with Gasteiger partial charge in [-0.1, -0.05) is 48.5 Å². The van der Waals surface area contributed by atoms with Crippen LogP contribution in [0.15, 0.2) is 83.7 Å². The average Bonchev–Trinajstić information content (AvgIpc) is 2.74. The van der Waals surface area contributed by atoms with Crippen LogP contribution in [-0.2, 0) is 6.42 Å². The SMILES string of the molecule is O=C(NCCc1ccc(F)cc1)c1ccc(-c2ccc3ccccc3c2)[nH]c1=O. The van der Waals surface area contributed by atoms with Crippen molar-refractivity contribution in [2.75, 3.05) is 6.54 Å². The summed E-state index contributed by atoms with van der Waals surface area (Å²) in [4.78, 5) is 27.6. The van der Waals surface area contributed by atoms with Crippen LogP contribution in [0.3, 0.4) is 0 Å². The van der Waals surface area contributed by atoms with E-state index in [1.165, 1.54) is 18.2 Å². The molecule has 0 fully saturated rings. The van der Waals surface area contributed by atoms with E-state index in [0.717, 1.165) is 21.9 Å². The van der Waals surface area contributed by atoms with Crippen LogP contribution in [0.5, 0.6) is 0 Å². The highest BCUT2D eigenvalue weighted by Gasteiger charge is 2.11. The van der Waals surface area contributed by atoms with Crippen molar-refractivity contribution < 1.29 is 9.18 Å². The largest absolute Gasteiger partial charge is 0.352 e. The Bertz CT molecular complexity index is 1230. The summed E-state index contributed by atoms with van der Waals surface area (Å²) in [7, 11) is 0. The summed E-state index contributed by atoms with van der Waals surface area (Å²) in [6, 6.07) is 23.3. The normalized spacial score (nSPS) is 10.8. The van der Waals surface area contributed by atoms with Crippen LogP contribution in [0.4, 0.5) is 4.39 Å². The quantitative estimate of drug-likeness (QED) is 0.537. The van der Waals surface area contributed by atoms with E-state index in [0.29, 0.717) is 18.7 Å². The van der Waals surface area contributed by atoms with Gasteiger partial charge in [-0.25, -0.2) is 4.39 Å². The molecule has 3 aromatic carbocycles. The first-order valence-corrected chi connectivity index (χ1v) is 9.35. The smallest absolute Gasteiger partial charge is 0.261 e. The van der Waals surface area contributed by atoms with Gasteiger partial charge >= 0.3 is 0 Å². The number of carbonyl (C=O) groups is 1. The number of hydrogen-bond donors (Lipinski definition) is 2. The number of pyridine rings is 1. The van der Waals surface area contributed by atoms with Crippen LogP contribution >= 0.6 is 0 Å². The van der Waals surface area contributed by atoms with E-state index in [-0.39, 0.29) is 11.4 Å². The Morgan fingerprint density at radius 3 is 2.41 bits per heavy atom. The minimum Gasteiger partial charge on any atom is -0.352 e. The second kappa shape index (κ2) is 8.10. The van der Waals surface area contributed by atoms with Gasteiger partial charge in [-0.2, -0.15) is 0 Å². The molecule has 0 radical (unpaired) electrons. The van der Waals surface area contributed by atoms with E-state index in [1.54, 1.807) is 18.2 Å². The molecular weight excluding hydrogens is 367 g/mol. The van der Waals surface area contributed by atoms with Crippen molar-refractivity contribution >= 4 is 16.7 Å². The topological polar surface area (TPSA) is 62.0 Å². The maximum Gasteiger partial charge on any atom is 0.261 e. The molecule has 1 heterocycles. The summed E-state index contributed by atoms with van der Waals surface area (Å²) in [5.41, 5.74) is 2.07. The summed E-state index contributed by atoms with van der Waals surface area (Å²) in [5, 5.41) is 4.93. The van der Waals surface area contributed by atoms with Gasteiger partial charge in [-0.15, -0.1) is 0 Å². The average molecular weight is 386 g/mol. The van der Waals surface area contributed by atoms with E-state index in [1.807, 2.05) is 42.5 Å². The van der Waals surface area contributed by atoms with Gasteiger partial charge in [0.1, 0.15) is 11.4 Å². The van der Waals surface area contributed by atoms with Gasteiger partial charge in [0, 0.05) is 12.2 Å². The molecule has 0 unspecified atom stereocenters. The molecule has 1 amide bonds. The summed E-state index contributed by atoms with van der Waals surface area (Å²) >= 11 is 0. The Morgan fingerprint density at radius 2 is 1.66 bits per heavy atom. The molecule has 0 saturated carbocycles. The summed E-state index contributed by atoms with van der Waals surface area (Å²) in [5.74, 6) is -0.728. The van der Waals surface area contributed by atoms with Crippen LogP contribution in [0.25, 0.3) is 22.0 Å². The zero-order valence-corrected chi connectivity index (χ0v) is 15.6. The second-order valence-electron chi connectivity index (χ2n) is 6.81. The molecule has 144 valence electrons. The van der Waals surface area contributed by atoms with Crippen LogP contribution in [0.1, 0.15) is 15.9 Å². The Kier molecular flexibility index (Phi) is 5.20. The van der Waals surface area contributed by atoms with E-state index < -0.39 is 11.5 Å². The number of amides is 1. The highest BCUT2D eigenvalue weighted by molar-refractivity contribution is 5.94. The van der Waals surface area contributed by atoms with E-state index >= 15 is 0 Å². The van der Waals surface area contributed by atoms with Gasteiger partial charge in [0.15, 0.2) is 0 Å². The highest BCUT2D eigenvalue weighted by atomic mass is 19.1. The second-order valence-corrected chi connectivity index (χ2v) is 6.81. The Balaban J connectivity index is 1.46. The third-order valence-electron chi connectivity index (χ3n) is 4.83. The molecule has 0 aliphatic rings. The maximum absolute atomic E-state index is 12.9. The fourth-order valence-corrected chi connectivity index (χ4v) is 3.24. The highest BCUT2D eigenvalue weighted by Crippen LogP contribution is 2.22. The first-order chi connectivity index (χ1) is 14.1. The van der Waals surface area contributed by atoms with Crippen LogP contribution in [0.2, 0.25) is 0 Å². The first-order valence-electron chi connectivity index (χ1n) is 9.35. The minimum absolute atomic E-state index is 0.0636. The number of halogens is 1. The van der Waals surface area contributed by atoms with E-state index in [2.05, 4.69) is 10.3 Å². The number of aromatic nitrogens is 1. The third-order valence-corrected chi connectivity index (χ3v) is 4.83. The van der Waals surface area contributed by atoms with Gasteiger partial charge in [-0.3, -0.25) is 9.59 Å². The molecule has 2 N–H and O–H groups in total. The molecule has 4 aromatic rings. The van der Waals surface area contributed by atoms with Gasteiger partial charge in [-0.05, 0) is 58.7 Å². The fourth-order valence-electron chi connectivity index (χ4n) is 3.24. The van der Waals surface area contributed by atoms with Crippen LogP contribution < -0.4 is 10.9 Å². The van der Waals surface area contributed by atoms with Gasteiger partial charge in [0.2, 0.25) is 0 Å². The van der Waals surface area contributed by atoms with Crippen molar-refractivity contribution in [1.29, 1.82) is 0 Å². The van der Waals surface area contributed by atoms with Crippen molar-refractivity contribution in [1.82, 2.24) is 10.3 Å². The van der Waals surface area contributed by atoms with Crippen LogP contribution in [-0.4, -0.2) is 17.4 Å². The lowest BCUT2D eigenvalue weighted by Gasteiger charge is -2.07. The van der Waals surface area contributed by atoms with Crippen molar-refractivity contribution in [2.24, 2.45) is 0 Å². The summed E-state index contributed by atoms with van der Waals surface area (Å²) < 4.78 is 12.9. The van der Waals surface area contributed by atoms with Crippen LogP contribution in [0, 0.1) is 5.82 Å². The molecule has 0 atom stereocenters. The molecule has 4 rings (SSSR count). The van der Waals surface area contributed by atoms with Gasteiger partial charge in [0.05, 0.1) is 0 Å². The van der Waals surface area contributed by atoms with Gasteiger partial charge < -0.3 is 10.3 Å². The Labute approximate surface area is 167 Å². The standard InChI is InChI=1S/C24H19FN2O2/c25-20-9-5-16(6-10-20)13-14-26-23(28)21-11-12-22(27-24(21)29)19-8-7-17-3-1-2-4-18(17)15-19/h1-12,15H,13-14H2,(H,26,28)(H,27,29). The molecule has 0 aliphatic carbocycles. The number of carbonyl (C=O) groups excluding carboxylic acids is 1. The zero-order valence-electron chi connectivity index (χ0n) is 15.6. The molecule has 1 aromatic heterocycles. The van der Waals surface area contributed by atoms with E-state index in [9.17, 15) is 14.0 Å². The molecule has 0 bridgehead atoms. The van der Waals surface area contributed by atoms with E-state index in [4.69, 9.17) is 0 Å². The van der Waals surface area contributed by atoms with Crippen molar-refractivity contribution in [3.63, 3.8) is 0 Å². The first kappa shape index (κ1) is 18.6. The number of hydrogen-bond acceptors (Lipinski definition) is 2. The van der Waals surface area contributed by atoms with Crippen molar-refractivity contribution in [3.8, 4) is 11.3 Å². The van der Waals surface area contributed by atoms with Crippen molar-refractivity contribution in [3.05, 3.63) is 106 Å². The van der Waals surface area contributed by atoms with Gasteiger partial charge in [0.25, 0.3) is 11.5 Å². The molecule has 0 spiro atoms. The lowest BCUT2D eigenvalue weighted by molar-refractivity contribution is 0.0952. The number of aromatic amines is 1. The molecule has 4 nitrogen and oxygen atoms in total. The predicted octanol–water partition coefficient (Wildman–Crippen LogP) is 4.31. The molecule has 5 heteroatoms. The zero-order chi connectivity index (χ0) is 20.2. The van der Waals surface area contributed by atoms with Crippen molar-refractivity contribution in [2.45, 2.75) is 6.42 Å². The molecule has 0 saturated heterocycles. The molecule has 0 aliphatic heterocycles. The number of fused-ring (bicyclic) bond motifs is 1. The summed E-state index contributed by atoms with van der Waals surface area (Å²) in [6.07, 6.45) is 0.555. The molecule has 29 heavy (non-hydrogen) atoms. The minimum atomic E-state index is -0.435. The monoisotopic (exact) mass is 386 g/mol.